The maximum Gasteiger partial charge on any atom is 0.216 e. The van der Waals surface area contributed by atoms with Crippen molar-refractivity contribution in [2.75, 3.05) is 0 Å². The second-order valence-electron chi connectivity index (χ2n) is 18.4. The smallest absolute Gasteiger partial charge is 0.216 e. The zero-order valence-electron chi connectivity index (χ0n) is 43.3. The van der Waals surface area contributed by atoms with Gasteiger partial charge in [0.25, 0.3) is 0 Å². The molecule has 0 saturated carbocycles. The molecule has 6 aromatic carbocycles. The number of benzene rings is 6. The Labute approximate surface area is 403 Å². The molecule has 1 radical (unpaired) electrons. The van der Waals surface area contributed by atoms with Gasteiger partial charge in [0.05, 0.1) is 41.5 Å². The van der Waals surface area contributed by atoms with E-state index in [-0.39, 0.29) is 36.8 Å². The summed E-state index contributed by atoms with van der Waals surface area (Å²) in [6.07, 6.45) is 0. The number of aryl methyl sites for hydroxylation is 3. The van der Waals surface area contributed by atoms with Crippen LogP contribution < -0.4 is 5.19 Å². The van der Waals surface area contributed by atoms with Crippen molar-refractivity contribution in [3.05, 3.63) is 180 Å². The zero-order chi connectivity index (χ0) is 49.5. The van der Waals surface area contributed by atoms with Crippen LogP contribution in [0.15, 0.2) is 150 Å². The van der Waals surface area contributed by atoms with Gasteiger partial charge in [-0.1, -0.05) is 125 Å². The van der Waals surface area contributed by atoms with Crippen molar-refractivity contribution in [2.45, 2.75) is 66.5 Å². The topological polar surface area (TPSA) is 61.7 Å². The van der Waals surface area contributed by atoms with Gasteiger partial charge in [-0.05, 0) is 79.2 Å². The molecule has 6 nitrogen and oxygen atoms in total. The quantitative estimate of drug-likeness (QED) is 0.127. The normalized spacial score (nSPS) is 13.7. The monoisotopic (exact) mass is 1050 g/mol. The van der Waals surface area contributed by atoms with Crippen LogP contribution in [0.4, 0.5) is 0 Å². The van der Waals surface area contributed by atoms with Crippen molar-refractivity contribution in [3.8, 4) is 34.0 Å². The molecule has 0 spiro atoms. The van der Waals surface area contributed by atoms with E-state index in [4.69, 9.17) is 22.6 Å². The van der Waals surface area contributed by atoms with E-state index in [2.05, 4.69) is 157 Å². The zero-order valence-corrected chi connectivity index (χ0v) is 40.7. The van der Waals surface area contributed by atoms with Crippen molar-refractivity contribution in [3.63, 3.8) is 0 Å². The first-order valence-corrected chi connectivity index (χ1v) is 25.0. The molecular weight excluding hydrogens is 991 g/mol. The number of furan rings is 1. The second-order valence-corrected chi connectivity index (χ2v) is 23.4. The van der Waals surface area contributed by atoms with E-state index in [1.165, 1.54) is 22.4 Å². The molecule has 0 N–H and O–H groups in total. The predicted octanol–water partition coefficient (Wildman–Crippen LogP) is 14.2. The molecule has 325 valence electrons. The van der Waals surface area contributed by atoms with E-state index in [0.717, 1.165) is 66.9 Å². The fourth-order valence-electron chi connectivity index (χ4n) is 8.85. The molecule has 5 heterocycles. The molecular formula is C57H51IrN5OSi-2. The fourth-order valence-corrected chi connectivity index (χ4v) is 10.5. The standard InChI is InChI=1S/C41H31N4O.C16H20NSi.Ir/c1-25-18-20-31(38-37(25)30-22-23-36(41(2,3)4)43-40(30)46-38)39-42-32-15-9-11-17-34(32)45(39)27-19-21-29-28-14-8-10-16-33(28)44(35(29)24-27)26-12-6-5-7-13-26;1-12-11-15(14-9-7-6-8-10-14)17-13(2)16(12)18(3,4)5;/h5-19,21-24H,1-4H3;6-9,11H,1-5H3;/q2*-1;/i;1D3,2D3;. The minimum Gasteiger partial charge on any atom is -0.486 e. The molecule has 0 bridgehead atoms. The van der Waals surface area contributed by atoms with Crippen LogP contribution in [0.1, 0.15) is 51.5 Å². The Kier molecular flexibility index (Phi) is 9.55. The Bertz CT molecular complexity index is 3760. The van der Waals surface area contributed by atoms with Crippen LogP contribution in [0.5, 0.6) is 0 Å². The summed E-state index contributed by atoms with van der Waals surface area (Å²) < 4.78 is 58.4. The third-order valence-electron chi connectivity index (χ3n) is 11.8. The van der Waals surface area contributed by atoms with Crippen molar-refractivity contribution in [1.82, 2.24) is 24.1 Å². The summed E-state index contributed by atoms with van der Waals surface area (Å²) in [5, 5.41) is 4.89. The molecule has 5 aromatic heterocycles. The number of pyridine rings is 2. The summed E-state index contributed by atoms with van der Waals surface area (Å²) in [4.78, 5) is 14.5. The second kappa shape index (κ2) is 16.8. The Balaban J connectivity index is 0.000000213. The van der Waals surface area contributed by atoms with Gasteiger partial charge in [-0.15, -0.1) is 53.6 Å². The first-order chi connectivity index (χ1) is 33.2. The predicted molar refractivity (Wildman–Crippen MR) is 269 cm³/mol. The molecule has 0 fully saturated rings. The Morgan fingerprint density at radius 1 is 0.646 bits per heavy atom. The van der Waals surface area contributed by atoms with E-state index < -0.39 is 21.8 Å². The number of rotatable bonds is 5. The average Bonchev–Trinajstić information content (AvgIpc) is 4.01. The van der Waals surface area contributed by atoms with Crippen LogP contribution >= 0.6 is 0 Å². The molecule has 65 heavy (non-hydrogen) atoms. The number of fused-ring (bicyclic) bond motifs is 7. The Morgan fingerprint density at radius 2 is 1.37 bits per heavy atom. The van der Waals surface area contributed by atoms with Gasteiger partial charge in [-0.3, -0.25) is 4.98 Å². The molecule has 0 atom stereocenters. The number of para-hydroxylation sites is 4. The fraction of sp³-hybridized carbons (Fsp3) is 0.175. The van der Waals surface area contributed by atoms with Gasteiger partial charge in [0.1, 0.15) is 0 Å². The van der Waals surface area contributed by atoms with Crippen LogP contribution in [0.2, 0.25) is 19.6 Å². The summed E-state index contributed by atoms with van der Waals surface area (Å²) in [7, 11) is -2.26. The summed E-state index contributed by atoms with van der Waals surface area (Å²) >= 11 is 0. The van der Waals surface area contributed by atoms with Gasteiger partial charge >= 0.3 is 0 Å². The molecule has 0 amide bonds. The maximum atomic E-state index is 7.89. The van der Waals surface area contributed by atoms with Crippen molar-refractivity contribution in [2.24, 2.45) is 0 Å². The molecule has 11 rings (SSSR count). The van der Waals surface area contributed by atoms with Crippen LogP contribution in [-0.4, -0.2) is 32.2 Å². The molecule has 0 aliphatic rings. The van der Waals surface area contributed by atoms with E-state index >= 15 is 0 Å². The summed E-state index contributed by atoms with van der Waals surface area (Å²) in [6.45, 7) is 9.55. The number of hydrogen-bond donors (Lipinski definition) is 0. The van der Waals surface area contributed by atoms with Gasteiger partial charge in [-0.2, -0.15) is 0 Å². The van der Waals surface area contributed by atoms with Crippen LogP contribution in [-0.2, 0) is 25.5 Å². The van der Waals surface area contributed by atoms with Gasteiger partial charge in [0.15, 0.2) is 0 Å². The van der Waals surface area contributed by atoms with Crippen molar-refractivity contribution >= 4 is 68.2 Å². The maximum absolute atomic E-state index is 7.89. The van der Waals surface area contributed by atoms with Crippen LogP contribution in [0, 0.1) is 32.8 Å². The van der Waals surface area contributed by atoms with Crippen LogP contribution in [0.3, 0.4) is 0 Å². The molecule has 11 aromatic rings. The van der Waals surface area contributed by atoms with E-state index in [0.29, 0.717) is 22.2 Å². The minimum atomic E-state index is -2.47. The number of aromatic nitrogens is 5. The molecule has 0 aliphatic carbocycles. The van der Waals surface area contributed by atoms with Crippen molar-refractivity contribution in [1.29, 1.82) is 0 Å². The summed E-state index contributed by atoms with van der Waals surface area (Å²) in [5.74, 6) is 0.781. The number of hydrogen-bond acceptors (Lipinski definition) is 4. The van der Waals surface area contributed by atoms with Crippen LogP contribution in [0.25, 0.3) is 88.9 Å². The molecule has 0 unspecified atom stereocenters. The SMILES string of the molecule is Cc1c[c-]c(-c2nc3ccccc3n2-c2ccc3c4ccccc4n(-c4ccccc4)c3c2)c2oc3nc(C(C)(C)C)ccc3c12.[2H]C([2H])([2H])c1cc(-c2[c-]cccc2)nc(C([2H])([2H])[2H])c1[Si](C)(C)C.[Ir]. The first-order valence-electron chi connectivity index (χ1n) is 24.5. The molecule has 0 aliphatic heterocycles. The number of imidazole rings is 1. The molecule has 8 heteroatoms. The van der Waals surface area contributed by atoms with E-state index in [1.54, 1.807) is 24.3 Å². The largest absolute Gasteiger partial charge is 0.486 e. The minimum absolute atomic E-state index is 0. The van der Waals surface area contributed by atoms with Gasteiger partial charge in [-0.25, -0.2) is 4.98 Å². The van der Waals surface area contributed by atoms with Crippen molar-refractivity contribution < 1.29 is 32.7 Å². The summed E-state index contributed by atoms with van der Waals surface area (Å²) in [5.41, 5.74) is 11.5. The number of nitrogens with zero attached hydrogens (tertiary/aromatic N) is 5. The summed E-state index contributed by atoms with van der Waals surface area (Å²) in [6, 6.07) is 55.5. The van der Waals surface area contributed by atoms with Gasteiger partial charge < -0.3 is 18.5 Å². The van der Waals surface area contributed by atoms with Gasteiger partial charge in [0, 0.05) is 72.7 Å². The Hall–Kier alpha value is -6.44. The molecule has 0 saturated heterocycles. The van der Waals surface area contributed by atoms with E-state index in [1.807, 2.05) is 31.8 Å². The Morgan fingerprint density at radius 3 is 2.11 bits per heavy atom. The third kappa shape index (κ3) is 7.84. The van der Waals surface area contributed by atoms with E-state index in [9.17, 15) is 0 Å². The average molecular weight is 1050 g/mol. The van der Waals surface area contributed by atoms with Gasteiger partial charge in [0.2, 0.25) is 5.71 Å². The third-order valence-corrected chi connectivity index (χ3v) is 13.9. The first kappa shape index (κ1) is 36.8.